The van der Waals surface area contributed by atoms with Crippen LogP contribution in [0, 0.1) is 19.0 Å². The molecular weight excluding hydrogens is 1240 g/mol. The van der Waals surface area contributed by atoms with Crippen molar-refractivity contribution in [2.45, 2.75) is 132 Å². The molecule has 13 rings (SSSR count). The summed E-state index contributed by atoms with van der Waals surface area (Å²) in [4.78, 5) is 9.90. The van der Waals surface area contributed by atoms with Crippen LogP contribution in [0.25, 0.3) is 116 Å². The van der Waals surface area contributed by atoms with Gasteiger partial charge in [0.25, 0.3) is 0 Å². The summed E-state index contributed by atoms with van der Waals surface area (Å²) < 4.78 is 32.9. The minimum atomic E-state index is -2.19. The van der Waals surface area contributed by atoms with E-state index < -0.39 is 6.85 Å². The van der Waals surface area contributed by atoms with Crippen LogP contribution in [0.5, 0.6) is 0 Å². The van der Waals surface area contributed by atoms with Crippen molar-refractivity contribution in [1.29, 1.82) is 0 Å². The SMILES string of the molecule is CC(C)c1cc(C(C)C)c(-c2ccc(-c3cc(C(C)C)c(-n4c(-c5[c-]ccc6c5oc5cc7c(ccc8ccccc87)cc56)nc5ccccc54)c(C(C)C)c3)cc2)c(C(C)C)c1.[2H]C([2H])([2H])c1c[c-]c(-c2cc(C(C)(C)C)ccn2)cc1-c1ccccc1.[Ir]. The maximum Gasteiger partial charge on any atom is 0.121 e. The van der Waals surface area contributed by atoms with Gasteiger partial charge in [0.15, 0.2) is 0 Å². The molecule has 1 radical (unpaired) electrons. The summed E-state index contributed by atoms with van der Waals surface area (Å²) in [5.41, 5.74) is 22.4. The van der Waals surface area contributed by atoms with Crippen molar-refractivity contribution in [3.63, 3.8) is 0 Å². The van der Waals surface area contributed by atoms with Crippen molar-refractivity contribution in [2.24, 2.45) is 0 Å². The molecule has 0 aliphatic rings. The zero-order valence-electron chi connectivity index (χ0n) is 55.4. The number of aromatic nitrogens is 3. The number of imidazole rings is 1. The van der Waals surface area contributed by atoms with E-state index in [9.17, 15) is 0 Å². The van der Waals surface area contributed by atoms with Crippen molar-refractivity contribution in [1.82, 2.24) is 14.5 Å². The Bertz CT molecular complexity index is 4730. The van der Waals surface area contributed by atoms with Crippen molar-refractivity contribution in [2.75, 3.05) is 0 Å². The van der Waals surface area contributed by atoms with E-state index in [1.807, 2.05) is 48.5 Å². The van der Waals surface area contributed by atoms with Gasteiger partial charge in [0.2, 0.25) is 0 Å². The third-order valence-corrected chi connectivity index (χ3v) is 17.3. The Hall–Kier alpha value is -8.21. The summed E-state index contributed by atoms with van der Waals surface area (Å²) in [7, 11) is 0. The maximum atomic E-state index is 7.85. The fourth-order valence-electron chi connectivity index (χ4n) is 12.5. The van der Waals surface area contributed by atoms with Gasteiger partial charge in [-0.3, -0.25) is 4.98 Å². The fraction of sp³-hybridized carbons (Fsp3) is 0.244. The largest absolute Gasteiger partial charge is 0.501 e. The molecule has 0 N–H and O–H groups in total. The summed E-state index contributed by atoms with van der Waals surface area (Å²) in [6, 6.07) is 73.2. The molecule has 87 heavy (non-hydrogen) atoms. The molecule has 3 heterocycles. The number of para-hydroxylation sites is 2. The smallest absolute Gasteiger partial charge is 0.121 e. The molecule has 0 bridgehead atoms. The molecular formula is C82H79IrN3O-2. The molecule has 0 fully saturated rings. The first-order chi connectivity index (χ1) is 42.5. The number of hydrogen-bond donors (Lipinski definition) is 0. The molecule has 3 aromatic heterocycles. The summed E-state index contributed by atoms with van der Waals surface area (Å²) in [6.07, 6.45) is 1.80. The molecule has 0 saturated carbocycles. The van der Waals surface area contributed by atoms with E-state index in [0.29, 0.717) is 28.9 Å². The maximum absolute atomic E-state index is 7.85. The van der Waals surface area contributed by atoms with Gasteiger partial charge in [0.05, 0.1) is 22.4 Å². The quantitative estimate of drug-likeness (QED) is 0.0957. The second-order valence-electron chi connectivity index (χ2n) is 26.0. The van der Waals surface area contributed by atoms with Gasteiger partial charge in [-0.2, -0.15) is 0 Å². The van der Waals surface area contributed by atoms with Gasteiger partial charge in [-0.25, -0.2) is 0 Å². The van der Waals surface area contributed by atoms with Gasteiger partial charge in [0.1, 0.15) is 5.58 Å². The van der Waals surface area contributed by atoms with Crippen LogP contribution >= 0.6 is 0 Å². The number of benzene rings is 10. The second kappa shape index (κ2) is 24.5. The van der Waals surface area contributed by atoms with Gasteiger partial charge in [0, 0.05) is 41.5 Å². The first-order valence-electron chi connectivity index (χ1n) is 32.3. The van der Waals surface area contributed by atoms with Gasteiger partial charge in [-0.05, 0) is 166 Å². The zero-order chi connectivity index (χ0) is 62.8. The van der Waals surface area contributed by atoms with Crippen LogP contribution < -0.4 is 0 Å². The predicted octanol–water partition coefficient (Wildman–Crippen LogP) is 23.5. The van der Waals surface area contributed by atoms with Gasteiger partial charge in [-0.15, -0.1) is 47.5 Å². The number of rotatable bonds is 11. The molecule has 5 heteroatoms. The fourth-order valence-corrected chi connectivity index (χ4v) is 12.5. The summed E-state index contributed by atoms with van der Waals surface area (Å²) in [5, 5.41) is 7.00. The average Bonchev–Trinajstić information content (AvgIpc) is 1.54. The molecule has 0 spiro atoms. The minimum Gasteiger partial charge on any atom is -0.501 e. The second-order valence-corrected chi connectivity index (χ2v) is 26.0. The summed E-state index contributed by atoms with van der Waals surface area (Å²) >= 11 is 0. The third-order valence-electron chi connectivity index (χ3n) is 17.3. The molecule has 13 aromatic rings. The van der Waals surface area contributed by atoms with Gasteiger partial charge < -0.3 is 14.0 Å². The Morgan fingerprint density at radius 3 is 1.84 bits per heavy atom. The Morgan fingerprint density at radius 1 is 0.529 bits per heavy atom. The number of furan rings is 1. The summed E-state index contributed by atoms with van der Waals surface area (Å²) in [5.74, 6) is 2.64. The van der Waals surface area contributed by atoms with E-state index in [0.717, 1.165) is 61.2 Å². The Labute approximate surface area is 533 Å². The number of nitrogens with zero attached hydrogens (tertiary/aromatic N) is 3. The number of fused-ring (bicyclic) bond motifs is 7. The normalized spacial score (nSPS) is 12.6. The van der Waals surface area contributed by atoms with Crippen LogP contribution in [0.1, 0.15) is 163 Å². The minimum absolute atomic E-state index is 0. The summed E-state index contributed by atoms with van der Waals surface area (Å²) in [6.45, 7) is 27.5. The van der Waals surface area contributed by atoms with Crippen LogP contribution in [-0.2, 0) is 25.5 Å². The van der Waals surface area contributed by atoms with E-state index in [4.69, 9.17) is 13.5 Å². The Morgan fingerprint density at radius 2 is 1.17 bits per heavy atom. The van der Waals surface area contributed by atoms with Gasteiger partial charge >= 0.3 is 0 Å². The van der Waals surface area contributed by atoms with Crippen molar-refractivity contribution >= 4 is 54.5 Å². The first kappa shape index (κ1) is 56.6. The van der Waals surface area contributed by atoms with Crippen LogP contribution in [0.4, 0.5) is 0 Å². The third kappa shape index (κ3) is 11.7. The van der Waals surface area contributed by atoms with Crippen molar-refractivity contribution < 1.29 is 28.6 Å². The van der Waals surface area contributed by atoms with Crippen LogP contribution in [0.15, 0.2) is 199 Å². The molecule has 10 aromatic carbocycles. The monoisotopic (exact) mass is 1320 g/mol. The Balaban J connectivity index is 0.000000259. The predicted molar refractivity (Wildman–Crippen MR) is 366 cm³/mol. The number of pyridine rings is 1. The molecule has 0 amide bonds. The van der Waals surface area contributed by atoms with Crippen LogP contribution in [0.2, 0.25) is 0 Å². The van der Waals surface area contributed by atoms with Crippen molar-refractivity contribution in [3.05, 3.63) is 245 Å². The van der Waals surface area contributed by atoms with Crippen LogP contribution in [0.3, 0.4) is 0 Å². The van der Waals surface area contributed by atoms with Crippen LogP contribution in [-0.4, -0.2) is 14.5 Å². The van der Waals surface area contributed by atoms with E-state index in [1.165, 1.54) is 82.9 Å². The van der Waals surface area contributed by atoms with E-state index >= 15 is 0 Å². The number of hydrogen-bond acceptors (Lipinski definition) is 3. The average molecular weight is 1320 g/mol. The molecule has 0 aliphatic carbocycles. The molecule has 0 atom stereocenters. The molecule has 0 aliphatic heterocycles. The zero-order valence-corrected chi connectivity index (χ0v) is 54.8. The molecule has 0 saturated heterocycles. The number of aryl methyl sites for hydroxylation is 1. The van der Waals surface area contributed by atoms with Crippen molar-refractivity contribution in [3.8, 4) is 61.7 Å². The Kier molecular flexibility index (Phi) is 15.9. The van der Waals surface area contributed by atoms with Gasteiger partial charge in [-0.1, -0.05) is 235 Å². The molecule has 439 valence electrons. The topological polar surface area (TPSA) is 43.9 Å². The van der Waals surface area contributed by atoms with E-state index in [-0.39, 0.29) is 37.4 Å². The molecule has 0 unspecified atom stereocenters. The van der Waals surface area contributed by atoms with E-state index in [1.54, 1.807) is 12.3 Å². The molecule has 4 nitrogen and oxygen atoms in total. The first-order valence-corrected chi connectivity index (χ1v) is 30.8. The van der Waals surface area contributed by atoms with E-state index in [2.05, 4.69) is 245 Å². The standard InChI is InChI=1S/C60H57N2O.C22H22N.Ir/c1-34(2)43-29-48(35(3)4)57(49(30-43)36(5)6)41-25-22-39(23-26-41)44-31-50(37(7)8)58(51(32-44)38(9)10)62-55-21-14-13-20-54(55)61-60(62)47-19-15-18-46-53-28-42-27-24-40-16-11-12-17-45(40)52(42)33-56(53)63-59(46)47;1-16-10-11-18(14-20(16)17-8-6-5-7-9-17)21-15-19(12-13-23-21)22(2,3)4;/h11-18,20-38H,1-10H3;5-10,12-15H,1-4H3;/q2*-1;/i;1D3;.